The summed E-state index contributed by atoms with van der Waals surface area (Å²) in [5, 5.41) is 4.10. The van der Waals surface area contributed by atoms with Gasteiger partial charge in [0.15, 0.2) is 0 Å². The van der Waals surface area contributed by atoms with E-state index in [0.717, 1.165) is 67.5 Å². The highest BCUT2D eigenvalue weighted by molar-refractivity contribution is 9.10. The summed E-state index contributed by atoms with van der Waals surface area (Å²) in [5.41, 5.74) is 0.912. The molecule has 0 atom stereocenters. The van der Waals surface area contributed by atoms with Gasteiger partial charge in [0.05, 0.1) is 24.8 Å². The Hall–Kier alpha value is -0.270. The summed E-state index contributed by atoms with van der Waals surface area (Å²) in [6.45, 7) is 6.43. The second kappa shape index (κ2) is 11.4. The Morgan fingerprint density at radius 3 is 2.60 bits per heavy atom. The molecular weight excluding hydrogens is 450 g/mol. The van der Waals surface area contributed by atoms with E-state index in [9.17, 15) is 0 Å². The SMILES string of the molecule is Cl.Cl.Clc1cc(Br)ccc1-c1ccc(CNCCN2CCOCC2)o1. The second-order valence-electron chi connectivity index (χ2n) is 5.52. The molecule has 0 aliphatic carbocycles. The van der Waals surface area contributed by atoms with Crippen molar-refractivity contribution in [2.45, 2.75) is 6.54 Å². The number of morpholine rings is 1. The molecule has 0 radical (unpaired) electrons. The van der Waals surface area contributed by atoms with E-state index >= 15 is 0 Å². The summed E-state index contributed by atoms with van der Waals surface area (Å²) in [6, 6.07) is 9.76. The first-order chi connectivity index (χ1) is 11.2. The number of hydrogen-bond acceptors (Lipinski definition) is 4. The highest BCUT2D eigenvalue weighted by Crippen LogP contribution is 2.31. The predicted molar refractivity (Wildman–Crippen MR) is 110 cm³/mol. The maximum absolute atomic E-state index is 6.26. The van der Waals surface area contributed by atoms with Crippen LogP contribution in [0.15, 0.2) is 39.2 Å². The lowest BCUT2D eigenvalue weighted by Gasteiger charge is -2.26. The van der Waals surface area contributed by atoms with Gasteiger partial charge in [0.1, 0.15) is 11.5 Å². The summed E-state index contributed by atoms with van der Waals surface area (Å²) >= 11 is 9.68. The number of benzene rings is 1. The predicted octanol–water partition coefficient (Wildman–Crippen LogP) is 4.63. The van der Waals surface area contributed by atoms with E-state index in [1.54, 1.807) is 0 Å². The molecule has 1 aliphatic heterocycles. The topological polar surface area (TPSA) is 37.6 Å². The summed E-state index contributed by atoms with van der Waals surface area (Å²) in [4.78, 5) is 2.41. The minimum atomic E-state index is 0. The maximum atomic E-state index is 6.26. The van der Waals surface area contributed by atoms with Crippen LogP contribution in [0.5, 0.6) is 0 Å². The zero-order valence-corrected chi connectivity index (χ0v) is 17.6. The number of nitrogens with zero attached hydrogens (tertiary/aromatic N) is 1. The Kier molecular flexibility index (Phi) is 10.4. The highest BCUT2D eigenvalue weighted by atomic mass is 79.9. The van der Waals surface area contributed by atoms with Crippen LogP contribution in [0.2, 0.25) is 5.02 Å². The van der Waals surface area contributed by atoms with E-state index < -0.39 is 0 Å². The van der Waals surface area contributed by atoms with E-state index in [4.69, 9.17) is 20.8 Å². The zero-order valence-electron chi connectivity index (χ0n) is 13.7. The van der Waals surface area contributed by atoms with Crippen LogP contribution in [0, 0.1) is 0 Å². The molecule has 1 N–H and O–H groups in total. The number of rotatable bonds is 6. The van der Waals surface area contributed by atoms with Gasteiger partial charge in [0.25, 0.3) is 0 Å². The Morgan fingerprint density at radius 2 is 1.88 bits per heavy atom. The number of furan rings is 1. The highest BCUT2D eigenvalue weighted by Gasteiger charge is 2.11. The van der Waals surface area contributed by atoms with Crippen LogP contribution in [0.3, 0.4) is 0 Å². The van der Waals surface area contributed by atoms with Crippen LogP contribution in [-0.2, 0) is 11.3 Å². The Bertz CT molecular complexity index is 649. The van der Waals surface area contributed by atoms with Crippen molar-refractivity contribution >= 4 is 52.3 Å². The Labute approximate surface area is 174 Å². The van der Waals surface area contributed by atoms with Crippen LogP contribution in [0.4, 0.5) is 0 Å². The lowest BCUT2D eigenvalue weighted by molar-refractivity contribution is 0.0383. The molecule has 0 unspecified atom stereocenters. The lowest BCUT2D eigenvalue weighted by atomic mass is 10.2. The van der Waals surface area contributed by atoms with Crippen molar-refractivity contribution < 1.29 is 9.15 Å². The van der Waals surface area contributed by atoms with Crippen molar-refractivity contribution in [1.29, 1.82) is 0 Å². The molecule has 3 rings (SSSR count). The van der Waals surface area contributed by atoms with Crippen molar-refractivity contribution in [3.05, 3.63) is 45.6 Å². The van der Waals surface area contributed by atoms with E-state index in [-0.39, 0.29) is 24.8 Å². The monoisotopic (exact) mass is 470 g/mol. The number of nitrogens with one attached hydrogen (secondary N) is 1. The van der Waals surface area contributed by atoms with Gasteiger partial charge in [-0.3, -0.25) is 4.90 Å². The number of hydrogen-bond donors (Lipinski definition) is 1. The third-order valence-corrected chi connectivity index (χ3v) is 4.67. The third kappa shape index (κ3) is 6.75. The first-order valence-electron chi connectivity index (χ1n) is 7.77. The fourth-order valence-corrected chi connectivity index (χ4v) is 3.35. The minimum absolute atomic E-state index is 0. The van der Waals surface area contributed by atoms with Gasteiger partial charge in [-0.05, 0) is 30.3 Å². The van der Waals surface area contributed by atoms with Crippen LogP contribution in [-0.4, -0.2) is 44.3 Å². The van der Waals surface area contributed by atoms with E-state index in [1.807, 2.05) is 30.3 Å². The molecule has 4 nitrogen and oxygen atoms in total. The molecule has 1 aromatic heterocycles. The van der Waals surface area contributed by atoms with Crippen molar-refractivity contribution in [1.82, 2.24) is 10.2 Å². The molecule has 1 saturated heterocycles. The van der Waals surface area contributed by atoms with Crippen molar-refractivity contribution in [2.24, 2.45) is 0 Å². The van der Waals surface area contributed by atoms with Gasteiger partial charge in [-0.2, -0.15) is 0 Å². The van der Waals surface area contributed by atoms with Gasteiger partial charge in [-0.15, -0.1) is 24.8 Å². The van der Waals surface area contributed by atoms with Gasteiger partial charge in [-0.1, -0.05) is 27.5 Å². The normalized spacial score (nSPS) is 14.6. The smallest absolute Gasteiger partial charge is 0.135 e. The Morgan fingerprint density at radius 1 is 1.12 bits per heavy atom. The molecule has 1 fully saturated rings. The average Bonchev–Trinajstić information content (AvgIpc) is 3.01. The lowest BCUT2D eigenvalue weighted by Crippen LogP contribution is -2.40. The van der Waals surface area contributed by atoms with E-state index in [1.165, 1.54) is 0 Å². The fourth-order valence-electron chi connectivity index (χ4n) is 2.58. The summed E-state index contributed by atoms with van der Waals surface area (Å²) in [6.07, 6.45) is 0. The third-order valence-electron chi connectivity index (χ3n) is 3.87. The average molecular weight is 473 g/mol. The van der Waals surface area contributed by atoms with Crippen LogP contribution < -0.4 is 5.32 Å². The molecule has 1 aliphatic rings. The first-order valence-corrected chi connectivity index (χ1v) is 8.94. The fraction of sp³-hybridized carbons (Fsp3) is 0.412. The minimum Gasteiger partial charge on any atom is -0.460 e. The van der Waals surface area contributed by atoms with Crippen molar-refractivity contribution in [3.8, 4) is 11.3 Å². The molecule has 2 aromatic rings. The molecule has 2 heterocycles. The molecule has 0 saturated carbocycles. The summed E-state index contributed by atoms with van der Waals surface area (Å²) < 4.78 is 12.2. The molecule has 140 valence electrons. The van der Waals surface area contributed by atoms with Crippen LogP contribution in [0.1, 0.15) is 5.76 Å². The summed E-state index contributed by atoms with van der Waals surface area (Å²) in [7, 11) is 0. The van der Waals surface area contributed by atoms with Gasteiger partial charge in [0.2, 0.25) is 0 Å². The molecule has 0 bridgehead atoms. The standard InChI is InChI=1S/C17H20BrClN2O2.2ClH/c18-13-1-3-15(16(19)11-13)17-4-2-14(23-17)12-20-5-6-21-7-9-22-10-8-21;;/h1-4,11,20H,5-10,12H2;2*1H. The molecule has 8 heteroatoms. The molecule has 0 amide bonds. The largest absolute Gasteiger partial charge is 0.460 e. The zero-order chi connectivity index (χ0) is 16.1. The number of ether oxygens (including phenoxy) is 1. The second-order valence-corrected chi connectivity index (χ2v) is 6.84. The molecular formula is C17H22BrCl3N2O2. The Balaban J connectivity index is 0.00000156. The van der Waals surface area contributed by atoms with Gasteiger partial charge in [0, 0.05) is 36.2 Å². The summed E-state index contributed by atoms with van der Waals surface area (Å²) in [5.74, 6) is 1.72. The molecule has 25 heavy (non-hydrogen) atoms. The van der Waals surface area contributed by atoms with E-state index in [2.05, 4.69) is 26.1 Å². The van der Waals surface area contributed by atoms with Crippen LogP contribution in [0.25, 0.3) is 11.3 Å². The quantitative estimate of drug-likeness (QED) is 0.623. The number of halogens is 4. The van der Waals surface area contributed by atoms with Crippen molar-refractivity contribution in [3.63, 3.8) is 0 Å². The molecule has 1 aromatic carbocycles. The van der Waals surface area contributed by atoms with Gasteiger partial charge >= 0.3 is 0 Å². The van der Waals surface area contributed by atoms with E-state index in [0.29, 0.717) is 5.02 Å². The maximum Gasteiger partial charge on any atom is 0.135 e. The van der Waals surface area contributed by atoms with Crippen molar-refractivity contribution in [2.75, 3.05) is 39.4 Å². The molecule has 0 spiro atoms. The van der Waals surface area contributed by atoms with Gasteiger partial charge < -0.3 is 14.5 Å². The van der Waals surface area contributed by atoms with Crippen LogP contribution >= 0.6 is 52.3 Å². The first kappa shape index (κ1) is 22.8. The van der Waals surface area contributed by atoms with Gasteiger partial charge in [-0.25, -0.2) is 0 Å².